The minimum Gasteiger partial charge on any atom is -0.329 e. The fraction of sp³-hybridized carbons (Fsp3) is 0.500. The van der Waals surface area contributed by atoms with Crippen molar-refractivity contribution in [2.24, 2.45) is 5.73 Å². The summed E-state index contributed by atoms with van der Waals surface area (Å²) in [5.74, 6) is -0.217. The molecule has 112 valence electrons. The minimum absolute atomic E-state index is 0.0649. The average Bonchev–Trinajstić information content (AvgIpc) is 2.38. The Bertz CT molecular complexity index is 542. The standard InChI is InChI=1S/C12H19N3O4S/c1-2-3-11(8-13)14-20(18,19)9-10-4-6-12(7-5-10)15(16)17/h4-7,11,14H,2-3,8-9,13H2,1H3. The van der Waals surface area contributed by atoms with Crippen molar-refractivity contribution in [3.63, 3.8) is 0 Å². The topological polar surface area (TPSA) is 115 Å². The molecule has 20 heavy (non-hydrogen) atoms. The summed E-state index contributed by atoms with van der Waals surface area (Å²) in [5, 5.41) is 10.5. The molecule has 7 nitrogen and oxygen atoms in total. The molecule has 1 rings (SSSR count). The number of nitro groups is 1. The second kappa shape index (κ2) is 7.32. The van der Waals surface area contributed by atoms with E-state index in [4.69, 9.17) is 5.73 Å². The van der Waals surface area contributed by atoms with Gasteiger partial charge in [0.25, 0.3) is 5.69 Å². The Balaban J connectivity index is 2.72. The molecule has 0 aliphatic heterocycles. The second-order valence-electron chi connectivity index (χ2n) is 4.52. The van der Waals surface area contributed by atoms with Crippen LogP contribution in [0.3, 0.4) is 0 Å². The Kier molecular flexibility index (Phi) is 6.05. The molecule has 8 heteroatoms. The van der Waals surface area contributed by atoms with Crippen LogP contribution < -0.4 is 10.5 Å². The van der Waals surface area contributed by atoms with Gasteiger partial charge in [-0.15, -0.1) is 0 Å². The number of sulfonamides is 1. The molecule has 3 N–H and O–H groups in total. The van der Waals surface area contributed by atoms with Gasteiger partial charge in [-0.25, -0.2) is 13.1 Å². The van der Waals surface area contributed by atoms with Gasteiger partial charge in [-0.1, -0.05) is 25.5 Å². The Morgan fingerprint density at radius 3 is 2.40 bits per heavy atom. The van der Waals surface area contributed by atoms with Gasteiger partial charge in [0, 0.05) is 24.7 Å². The predicted molar refractivity (Wildman–Crippen MR) is 76.6 cm³/mol. The Hall–Kier alpha value is -1.51. The molecule has 0 heterocycles. The third kappa shape index (κ3) is 5.24. The second-order valence-corrected chi connectivity index (χ2v) is 6.28. The summed E-state index contributed by atoms with van der Waals surface area (Å²) < 4.78 is 26.5. The maximum atomic E-state index is 12.0. The third-order valence-corrected chi connectivity index (χ3v) is 4.18. The van der Waals surface area contributed by atoms with Crippen LogP contribution in [0.15, 0.2) is 24.3 Å². The summed E-state index contributed by atoms with van der Waals surface area (Å²) >= 11 is 0. The van der Waals surface area contributed by atoms with Gasteiger partial charge in [0.05, 0.1) is 10.7 Å². The van der Waals surface area contributed by atoms with Gasteiger partial charge in [0.2, 0.25) is 10.0 Å². The van der Waals surface area contributed by atoms with Gasteiger partial charge in [-0.05, 0) is 12.0 Å². The monoisotopic (exact) mass is 301 g/mol. The van der Waals surface area contributed by atoms with Gasteiger partial charge in [-0.2, -0.15) is 0 Å². The van der Waals surface area contributed by atoms with Crippen LogP contribution in [0.5, 0.6) is 0 Å². The highest BCUT2D eigenvalue weighted by atomic mass is 32.2. The molecular weight excluding hydrogens is 282 g/mol. The van der Waals surface area contributed by atoms with Crippen LogP contribution in [0.25, 0.3) is 0 Å². The molecule has 0 amide bonds. The molecule has 0 spiro atoms. The van der Waals surface area contributed by atoms with E-state index in [-0.39, 0.29) is 24.0 Å². The van der Waals surface area contributed by atoms with Crippen LogP contribution in [0.2, 0.25) is 0 Å². The fourth-order valence-corrected chi connectivity index (χ4v) is 3.24. The summed E-state index contributed by atoms with van der Waals surface area (Å²) in [6.45, 7) is 2.20. The predicted octanol–water partition coefficient (Wildman–Crippen LogP) is 1.14. The Labute approximate surface area is 118 Å². The molecule has 0 aromatic heterocycles. The molecule has 1 unspecified atom stereocenters. The van der Waals surface area contributed by atoms with Gasteiger partial charge in [0.1, 0.15) is 0 Å². The van der Waals surface area contributed by atoms with Crippen molar-refractivity contribution in [2.75, 3.05) is 6.54 Å². The fourth-order valence-electron chi connectivity index (χ4n) is 1.80. The zero-order chi connectivity index (χ0) is 15.2. The van der Waals surface area contributed by atoms with Crippen LogP contribution in [0.1, 0.15) is 25.3 Å². The lowest BCUT2D eigenvalue weighted by atomic mass is 10.2. The van der Waals surface area contributed by atoms with E-state index in [0.29, 0.717) is 12.0 Å². The number of benzene rings is 1. The number of nitro benzene ring substituents is 1. The molecule has 0 radical (unpaired) electrons. The number of hydrogen-bond acceptors (Lipinski definition) is 5. The van der Waals surface area contributed by atoms with Crippen LogP contribution in [0, 0.1) is 10.1 Å². The van der Waals surface area contributed by atoms with Crippen molar-refractivity contribution in [3.8, 4) is 0 Å². The van der Waals surface area contributed by atoms with E-state index in [0.717, 1.165) is 6.42 Å². The SMILES string of the molecule is CCCC(CN)NS(=O)(=O)Cc1ccc([N+](=O)[O-])cc1. The quantitative estimate of drug-likeness (QED) is 0.552. The van der Waals surface area contributed by atoms with Gasteiger partial charge in [0.15, 0.2) is 0 Å². The van der Waals surface area contributed by atoms with Crippen molar-refractivity contribution in [1.82, 2.24) is 4.72 Å². The van der Waals surface area contributed by atoms with Crippen molar-refractivity contribution < 1.29 is 13.3 Å². The van der Waals surface area contributed by atoms with Crippen LogP contribution >= 0.6 is 0 Å². The first kappa shape index (κ1) is 16.5. The van der Waals surface area contributed by atoms with Crippen molar-refractivity contribution in [2.45, 2.75) is 31.6 Å². The highest BCUT2D eigenvalue weighted by Gasteiger charge is 2.17. The lowest BCUT2D eigenvalue weighted by Gasteiger charge is -2.16. The third-order valence-electron chi connectivity index (χ3n) is 2.77. The van der Waals surface area contributed by atoms with Gasteiger partial charge < -0.3 is 5.73 Å². The van der Waals surface area contributed by atoms with E-state index in [1.54, 1.807) is 0 Å². The van der Waals surface area contributed by atoms with Gasteiger partial charge >= 0.3 is 0 Å². The molecule has 1 atom stereocenters. The smallest absolute Gasteiger partial charge is 0.269 e. The summed E-state index contributed by atoms with van der Waals surface area (Å²) in [4.78, 5) is 9.99. The van der Waals surface area contributed by atoms with Crippen LogP contribution in [-0.4, -0.2) is 25.9 Å². The number of nitrogens with one attached hydrogen (secondary N) is 1. The maximum absolute atomic E-state index is 12.0. The minimum atomic E-state index is -3.50. The largest absolute Gasteiger partial charge is 0.329 e. The van der Waals surface area contributed by atoms with Crippen molar-refractivity contribution >= 4 is 15.7 Å². The summed E-state index contributed by atoms with van der Waals surface area (Å²) in [5.41, 5.74) is 5.94. The Morgan fingerprint density at radius 1 is 1.35 bits per heavy atom. The van der Waals surface area contributed by atoms with Crippen molar-refractivity contribution in [3.05, 3.63) is 39.9 Å². The lowest BCUT2D eigenvalue weighted by Crippen LogP contribution is -2.40. The molecule has 0 fully saturated rings. The molecule has 1 aromatic rings. The highest BCUT2D eigenvalue weighted by molar-refractivity contribution is 7.88. The molecular formula is C12H19N3O4S. The van der Waals surface area contributed by atoms with E-state index in [1.807, 2.05) is 6.92 Å². The summed E-state index contributed by atoms with van der Waals surface area (Å²) in [6.07, 6.45) is 1.51. The number of hydrogen-bond donors (Lipinski definition) is 2. The van der Waals surface area contributed by atoms with Crippen molar-refractivity contribution in [1.29, 1.82) is 0 Å². The summed E-state index contributed by atoms with van der Waals surface area (Å²) in [6, 6.07) is 5.18. The first-order valence-electron chi connectivity index (χ1n) is 6.31. The first-order valence-corrected chi connectivity index (χ1v) is 7.96. The molecule has 0 bridgehead atoms. The van der Waals surface area contributed by atoms with E-state index >= 15 is 0 Å². The zero-order valence-corrected chi connectivity index (χ0v) is 12.1. The Morgan fingerprint density at radius 2 is 1.95 bits per heavy atom. The molecule has 0 aliphatic rings. The lowest BCUT2D eigenvalue weighted by molar-refractivity contribution is -0.384. The maximum Gasteiger partial charge on any atom is 0.269 e. The molecule has 0 saturated carbocycles. The number of nitrogens with zero attached hydrogens (tertiary/aromatic N) is 1. The summed E-state index contributed by atoms with van der Waals surface area (Å²) in [7, 11) is -3.50. The zero-order valence-electron chi connectivity index (χ0n) is 11.3. The van der Waals surface area contributed by atoms with E-state index in [1.165, 1.54) is 24.3 Å². The first-order chi connectivity index (χ1) is 9.38. The molecule has 0 aliphatic carbocycles. The van der Waals surface area contributed by atoms with Crippen LogP contribution in [0.4, 0.5) is 5.69 Å². The number of non-ortho nitro benzene ring substituents is 1. The van der Waals surface area contributed by atoms with Gasteiger partial charge in [-0.3, -0.25) is 10.1 Å². The van der Waals surface area contributed by atoms with E-state index < -0.39 is 14.9 Å². The number of rotatable bonds is 8. The van der Waals surface area contributed by atoms with E-state index in [9.17, 15) is 18.5 Å². The normalized spacial score (nSPS) is 13.1. The number of nitrogens with two attached hydrogens (primary N) is 1. The molecule has 0 saturated heterocycles. The van der Waals surface area contributed by atoms with E-state index in [2.05, 4.69) is 4.72 Å². The molecule has 1 aromatic carbocycles. The highest BCUT2D eigenvalue weighted by Crippen LogP contribution is 2.14. The average molecular weight is 301 g/mol. The van der Waals surface area contributed by atoms with Crippen LogP contribution in [-0.2, 0) is 15.8 Å².